The molecule has 1 N–H and O–H groups in total. The molecule has 2 unspecified atom stereocenters. The second kappa shape index (κ2) is 6.14. The van der Waals surface area contributed by atoms with Crippen LogP contribution in [0.2, 0.25) is 0 Å². The number of nitrogens with zero attached hydrogens (tertiary/aromatic N) is 1. The minimum atomic E-state index is -0.257. The first-order valence-electron chi connectivity index (χ1n) is 5.34. The maximum Gasteiger partial charge on any atom is 0.308 e. The van der Waals surface area contributed by atoms with Gasteiger partial charge in [-0.1, -0.05) is 0 Å². The molecule has 1 saturated heterocycles. The van der Waals surface area contributed by atoms with Gasteiger partial charge in [-0.05, 0) is 20.1 Å². The molecule has 6 heteroatoms. The van der Waals surface area contributed by atoms with Crippen molar-refractivity contribution in [1.82, 2.24) is 10.4 Å². The molecule has 94 valence electrons. The molecule has 1 aliphatic heterocycles. The van der Waals surface area contributed by atoms with Crippen LogP contribution in [-0.2, 0) is 9.53 Å². The van der Waals surface area contributed by atoms with E-state index in [0.29, 0.717) is 17.6 Å². The van der Waals surface area contributed by atoms with E-state index in [1.807, 2.05) is 32.7 Å². The van der Waals surface area contributed by atoms with Crippen LogP contribution in [0.4, 0.5) is 0 Å². The highest BCUT2D eigenvalue weighted by Crippen LogP contribution is 2.38. The Morgan fingerprint density at radius 1 is 1.75 bits per heavy atom. The first-order chi connectivity index (χ1) is 7.49. The van der Waals surface area contributed by atoms with E-state index in [2.05, 4.69) is 16.7 Å². The number of carbonyl (C=O) groups is 1. The number of ether oxygens (including phenoxy) is 1. The molecule has 0 saturated carbocycles. The van der Waals surface area contributed by atoms with Crippen molar-refractivity contribution in [3.05, 3.63) is 0 Å². The van der Waals surface area contributed by atoms with E-state index in [0.717, 1.165) is 6.54 Å². The molecule has 1 fully saturated rings. The molecule has 1 heterocycles. The molecule has 0 aromatic heterocycles. The summed E-state index contributed by atoms with van der Waals surface area (Å²) in [4.78, 5) is 11.3. The van der Waals surface area contributed by atoms with E-state index >= 15 is 0 Å². The van der Waals surface area contributed by atoms with E-state index < -0.39 is 0 Å². The smallest absolute Gasteiger partial charge is 0.308 e. The van der Waals surface area contributed by atoms with Crippen molar-refractivity contribution in [2.24, 2.45) is 0 Å². The van der Waals surface area contributed by atoms with Gasteiger partial charge < -0.3 is 4.74 Å². The summed E-state index contributed by atoms with van der Waals surface area (Å²) in [5.41, 5.74) is 3.33. The molecule has 0 radical (unpaired) electrons. The molecular weight excluding hydrogens is 244 g/mol. The lowest BCUT2D eigenvalue weighted by molar-refractivity contribution is -0.144. The van der Waals surface area contributed by atoms with Crippen LogP contribution in [0.25, 0.3) is 0 Å². The molecule has 0 aromatic rings. The van der Waals surface area contributed by atoms with Crippen LogP contribution < -0.4 is 5.43 Å². The Labute approximate surface area is 106 Å². The van der Waals surface area contributed by atoms with Gasteiger partial charge in [-0.3, -0.25) is 4.79 Å². The van der Waals surface area contributed by atoms with Crippen LogP contribution >= 0.6 is 23.5 Å². The number of carbonyl (C=O) groups excluding carboxylic acids is 1. The van der Waals surface area contributed by atoms with E-state index in [1.54, 1.807) is 11.8 Å². The van der Waals surface area contributed by atoms with Gasteiger partial charge in [0.2, 0.25) is 0 Å². The van der Waals surface area contributed by atoms with Gasteiger partial charge in [0.1, 0.15) is 0 Å². The van der Waals surface area contributed by atoms with Crippen molar-refractivity contribution in [3.63, 3.8) is 0 Å². The maximum absolute atomic E-state index is 11.5. The molecule has 0 amide bonds. The van der Waals surface area contributed by atoms with Gasteiger partial charge in [0.15, 0.2) is 0 Å². The highest BCUT2D eigenvalue weighted by atomic mass is 32.2. The van der Waals surface area contributed by atoms with Gasteiger partial charge in [-0.2, -0.15) is 0 Å². The third-order valence-electron chi connectivity index (χ3n) is 2.29. The summed E-state index contributed by atoms with van der Waals surface area (Å²) < 4.78 is 5.49. The van der Waals surface area contributed by atoms with Crippen molar-refractivity contribution in [3.8, 4) is 0 Å². The topological polar surface area (TPSA) is 41.6 Å². The third-order valence-corrected chi connectivity index (χ3v) is 5.00. The van der Waals surface area contributed by atoms with Crippen LogP contribution in [0.15, 0.2) is 0 Å². The third kappa shape index (κ3) is 4.16. The Morgan fingerprint density at radius 3 is 3.00 bits per heavy atom. The first kappa shape index (κ1) is 14.2. The molecule has 16 heavy (non-hydrogen) atoms. The van der Waals surface area contributed by atoms with Crippen LogP contribution in [0, 0.1) is 0 Å². The number of nitrogens with one attached hydrogen (secondary N) is 1. The zero-order valence-corrected chi connectivity index (χ0v) is 11.9. The summed E-state index contributed by atoms with van der Waals surface area (Å²) in [5.74, 6) is -0.139. The monoisotopic (exact) mass is 264 g/mol. The normalized spacial score (nSPS) is 31.4. The van der Waals surface area contributed by atoms with Crippen molar-refractivity contribution in [1.29, 1.82) is 0 Å². The Bertz CT molecular complexity index is 253. The average Bonchev–Trinajstić information content (AvgIpc) is 2.15. The second-order valence-electron chi connectivity index (χ2n) is 3.99. The van der Waals surface area contributed by atoms with Crippen LogP contribution in [0.5, 0.6) is 0 Å². The predicted octanol–water partition coefficient (Wildman–Crippen LogP) is 1.53. The van der Waals surface area contributed by atoms with Gasteiger partial charge in [0.25, 0.3) is 0 Å². The zero-order valence-electron chi connectivity index (χ0n) is 10.3. The standard InChI is InChI=1S/C10H20N2O2S2/c1-5-14-8(13)6-10(2)11-12(3)7-9(15-4)16-10/h9,11H,5-7H2,1-4H3. The Hall–Kier alpha value is 0.0900. The predicted molar refractivity (Wildman–Crippen MR) is 70.3 cm³/mol. The number of thioether (sulfide) groups is 2. The van der Waals surface area contributed by atoms with Crippen molar-refractivity contribution in [2.75, 3.05) is 26.5 Å². The Kier molecular flexibility index (Phi) is 5.43. The lowest BCUT2D eigenvalue weighted by Crippen LogP contribution is -2.56. The van der Waals surface area contributed by atoms with Gasteiger partial charge >= 0.3 is 5.97 Å². The molecule has 1 aliphatic rings. The molecule has 0 aromatic carbocycles. The van der Waals surface area contributed by atoms with Crippen LogP contribution in [0.3, 0.4) is 0 Å². The summed E-state index contributed by atoms with van der Waals surface area (Å²) in [5, 5.41) is 2.05. The second-order valence-corrected chi connectivity index (χ2v) is 7.03. The number of hydrazine groups is 1. The summed E-state index contributed by atoms with van der Waals surface area (Å²) in [6.45, 7) is 5.30. The lowest BCUT2D eigenvalue weighted by atomic mass is 10.2. The summed E-state index contributed by atoms with van der Waals surface area (Å²) >= 11 is 3.62. The van der Waals surface area contributed by atoms with Gasteiger partial charge in [-0.15, -0.1) is 23.5 Å². The molecule has 1 rings (SSSR count). The number of hydrogen-bond acceptors (Lipinski definition) is 6. The minimum Gasteiger partial charge on any atom is -0.466 e. The number of hydrogen-bond donors (Lipinski definition) is 1. The van der Waals surface area contributed by atoms with E-state index in [9.17, 15) is 4.79 Å². The lowest BCUT2D eigenvalue weighted by Gasteiger charge is -2.42. The fourth-order valence-electron chi connectivity index (χ4n) is 1.72. The van der Waals surface area contributed by atoms with Crippen molar-refractivity contribution < 1.29 is 9.53 Å². The van der Waals surface area contributed by atoms with Crippen LogP contribution in [-0.4, -0.2) is 46.9 Å². The molecule has 0 bridgehead atoms. The van der Waals surface area contributed by atoms with Gasteiger partial charge in [-0.25, -0.2) is 10.4 Å². The van der Waals surface area contributed by atoms with Gasteiger partial charge in [0, 0.05) is 13.6 Å². The van der Waals surface area contributed by atoms with E-state index in [1.165, 1.54) is 0 Å². The minimum absolute atomic E-state index is 0.139. The van der Waals surface area contributed by atoms with Crippen molar-refractivity contribution >= 4 is 29.5 Å². The highest BCUT2D eigenvalue weighted by molar-refractivity contribution is 8.17. The van der Waals surface area contributed by atoms with Crippen molar-refractivity contribution in [2.45, 2.75) is 29.7 Å². The number of esters is 1. The molecule has 0 spiro atoms. The van der Waals surface area contributed by atoms with E-state index in [4.69, 9.17) is 4.74 Å². The molecular formula is C10H20N2O2S2. The SMILES string of the molecule is CCOC(=O)CC1(C)NN(C)CC(SC)S1. The maximum atomic E-state index is 11.5. The fourth-order valence-corrected chi connectivity index (χ4v) is 4.40. The summed E-state index contributed by atoms with van der Waals surface area (Å²) in [6.07, 6.45) is 2.49. The quantitative estimate of drug-likeness (QED) is 0.777. The number of rotatable bonds is 4. The van der Waals surface area contributed by atoms with E-state index in [-0.39, 0.29) is 10.8 Å². The first-order valence-corrected chi connectivity index (χ1v) is 7.51. The fraction of sp³-hybridized carbons (Fsp3) is 0.900. The summed E-state index contributed by atoms with van der Waals surface area (Å²) in [7, 11) is 2.01. The summed E-state index contributed by atoms with van der Waals surface area (Å²) in [6, 6.07) is 0. The Morgan fingerprint density at radius 2 is 2.44 bits per heavy atom. The Balaban J connectivity index is 2.57. The average molecular weight is 264 g/mol. The van der Waals surface area contributed by atoms with Gasteiger partial charge in [0.05, 0.1) is 22.5 Å². The molecule has 4 nitrogen and oxygen atoms in total. The molecule has 0 aliphatic carbocycles. The highest BCUT2D eigenvalue weighted by Gasteiger charge is 2.37. The van der Waals surface area contributed by atoms with Crippen LogP contribution in [0.1, 0.15) is 20.3 Å². The largest absolute Gasteiger partial charge is 0.466 e. The zero-order chi connectivity index (χ0) is 12.2. The molecule has 2 atom stereocenters.